The smallest absolute Gasteiger partial charge is 0.252 e. The van der Waals surface area contributed by atoms with Crippen molar-refractivity contribution >= 4 is 249 Å². The van der Waals surface area contributed by atoms with Crippen molar-refractivity contribution < 1.29 is 0 Å². The molecule has 0 spiro atoms. The largest absolute Gasteiger partial charge is 0.312 e. The molecule has 1 atom stereocenters. The van der Waals surface area contributed by atoms with E-state index in [9.17, 15) is 0 Å². The third-order valence-corrected chi connectivity index (χ3v) is 44.7. The number of aryl methyl sites for hydroxylation is 2. The van der Waals surface area contributed by atoms with E-state index < -0.39 is 24.2 Å². The van der Waals surface area contributed by atoms with Gasteiger partial charge >= 0.3 is 0 Å². The fourth-order valence-corrected chi connectivity index (χ4v) is 34.2. The van der Waals surface area contributed by atoms with E-state index in [2.05, 4.69) is 556 Å². The maximum atomic E-state index is 2.74. The Morgan fingerprint density at radius 2 is 0.608 bits per heavy atom. The molecule has 0 aromatic heterocycles. The predicted molar refractivity (Wildman–Crippen MR) is 649 cm³/mol. The van der Waals surface area contributed by atoms with Crippen LogP contribution < -0.4 is 110 Å². The molecule has 26 rings (SSSR count). The monoisotopic (exact) mass is 1950 g/mol. The molecular weight excluding hydrogens is 1830 g/mol. The first-order valence-corrected chi connectivity index (χ1v) is 62.5. The van der Waals surface area contributed by atoms with Gasteiger partial charge in [0.1, 0.15) is 24.2 Å². The Morgan fingerprint density at radius 1 is 0.230 bits per heavy atom. The molecule has 6 aliphatic rings. The Kier molecular flexibility index (Phi) is 22.3. The van der Waals surface area contributed by atoms with Gasteiger partial charge in [0.05, 0.1) is 0 Å². The van der Waals surface area contributed by atoms with Crippen LogP contribution in [0.5, 0.6) is 0 Å². The molecule has 0 N–H and O–H groups in total. The van der Waals surface area contributed by atoms with Crippen LogP contribution in [0.3, 0.4) is 0 Å². The van der Waals surface area contributed by atoms with Gasteiger partial charge in [0.15, 0.2) is 0 Å². The molecule has 0 saturated heterocycles. The summed E-state index contributed by atoms with van der Waals surface area (Å²) >= 11 is 0. The minimum atomic E-state index is -2.84. The van der Waals surface area contributed by atoms with Gasteiger partial charge in [0, 0.05) is 113 Å². The molecule has 0 fully saturated rings. The predicted octanol–water partition coefficient (Wildman–Crippen LogP) is 26.7. The molecule has 0 radical (unpaired) electrons. The molecule has 6 heterocycles. The summed E-state index contributed by atoms with van der Waals surface area (Å²) in [7, 11) is -7.97. The quantitative estimate of drug-likeness (QED) is 0.0746. The molecule has 0 aliphatic carbocycles. The van der Waals surface area contributed by atoms with Gasteiger partial charge in [-0.3, -0.25) is 0 Å². The van der Waals surface area contributed by atoms with Crippen molar-refractivity contribution in [2.24, 2.45) is 0 Å². The number of hydrogen-bond donors (Lipinski definition) is 0. The van der Waals surface area contributed by atoms with Crippen LogP contribution in [0.1, 0.15) is 111 Å². The van der Waals surface area contributed by atoms with Gasteiger partial charge in [-0.1, -0.05) is 424 Å². The first kappa shape index (κ1) is 92.4. The fraction of sp³-hybridized carbons (Fsp3) is 0.147. The standard InChI is InChI=1S/C136H121B3N6Si3/c1-87(2)94-53-64-103(65-54-94)141-120-74-60-98(89(5)6)85-117(120)139-118-86-99(61-75-122(118)143(105-66-55-95(56-67-105)88(3)4)135-126(79-77-124(141)130(135)139)146(10,11)106-42-26-19-27-43-106)92(9)83-93-34-32-44-108(84-93)148(14,15)128-81-78-125-131-136(128)145(102-40-24-18-25-41-102)133-112-47-33-46-109(111(112)70-72-115(133)138(131)114-71-59-96-35-28-29-45-110(96)132(114)144(125)101-38-22-17-23-39-101)97-57-68-107(69-58-97)147(12,13)127-80-76-123-129-134(127)142(104-62-50-90(7)51-63-104)121-73-52-91(8)82-116(121)137(129)113-48-30-31-49-119(113)140(123)100-36-20-16-21-37-100/h16-82,84-89,92H,83H2,1-15H3. The molecule has 20 aromatic rings. The third-order valence-electron chi connectivity index (χ3n) is 34.2. The third kappa shape index (κ3) is 14.7. The Hall–Kier alpha value is -15.4. The van der Waals surface area contributed by atoms with Gasteiger partial charge < -0.3 is 29.4 Å². The highest BCUT2D eigenvalue weighted by Crippen LogP contribution is 2.53. The number of benzene rings is 20. The second-order valence-electron chi connectivity index (χ2n) is 45.0. The van der Waals surface area contributed by atoms with E-state index in [1.807, 2.05) is 0 Å². The molecular formula is C136H121B3N6Si3. The Bertz CT molecular complexity index is 8710. The summed E-state index contributed by atoms with van der Waals surface area (Å²) in [6.45, 7) is 36.4. The van der Waals surface area contributed by atoms with Crippen LogP contribution in [-0.2, 0) is 6.42 Å². The van der Waals surface area contributed by atoms with Crippen molar-refractivity contribution in [1.29, 1.82) is 0 Å². The molecule has 0 bridgehead atoms. The van der Waals surface area contributed by atoms with Crippen LogP contribution in [0.4, 0.5) is 102 Å². The molecule has 12 heteroatoms. The minimum Gasteiger partial charge on any atom is -0.312 e. The van der Waals surface area contributed by atoms with Crippen LogP contribution in [0, 0.1) is 13.8 Å². The molecule has 148 heavy (non-hydrogen) atoms. The average molecular weight is 1960 g/mol. The lowest BCUT2D eigenvalue weighted by molar-refractivity contribution is 0.760. The first-order valence-electron chi connectivity index (χ1n) is 53.5. The summed E-state index contributed by atoms with van der Waals surface area (Å²) < 4.78 is 0. The second-order valence-corrected chi connectivity index (χ2v) is 58.1. The van der Waals surface area contributed by atoms with Gasteiger partial charge in [-0.25, -0.2) is 0 Å². The SMILES string of the molecule is Cc1ccc(N2c3ccc(C)cc3B3c4ccccc4N(c4ccccc4)c4ccc([Si](C)(C)c5ccc(-c6cccc7c8c(ccc67)B6c7ccc9ccccc9c7N(c7ccccc7)c7ccc([Si](C)(C)c9cccc(CC(C)c%10ccc%11c(c%10)B%10c%12cc(C(C)C)ccc%12N(c%12ccc(C(C)C)cc%12)c%12ccc([Si](C)(C)c%13ccccc%13)c(c%12%10)N%11c%10ccc(C(C)C)cc%10)c9)c(c76)N8c6ccccc6)cc5)c2c43)cc1. The van der Waals surface area contributed by atoms with Gasteiger partial charge in [-0.15, -0.1) is 0 Å². The highest BCUT2D eigenvalue weighted by atomic mass is 28.3. The van der Waals surface area contributed by atoms with E-state index in [4.69, 9.17) is 0 Å². The van der Waals surface area contributed by atoms with Crippen molar-refractivity contribution in [3.63, 3.8) is 0 Å². The van der Waals surface area contributed by atoms with E-state index in [-0.39, 0.29) is 26.1 Å². The highest BCUT2D eigenvalue weighted by molar-refractivity contribution is 7.07. The summed E-state index contributed by atoms with van der Waals surface area (Å²) in [4.78, 5) is 15.8. The molecule has 0 saturated carbocycles. The van der Waals surface area contributed by atoms with Crippen molar-refractivity contribution in [2.45, 2.75) is 132 Å². The number of anilines is 18. The van der Waals surface area contributed by atoms with Crippen molar-refractivity contribution in [1.82, 2.24) is 0 Å². The van der Waals surface area contributed by atoms with Crippen LogP contribution in [0.15, 0.2) is 425 Å². The second kappa shape index (κ2) is 35.7. The molecule has 6 aliphatic heterocycles. The molecule has 716 valence electrons. The van der Waals surface area contributed by atoms with E-state index in [1.54, 1.807) is 0 Å². The van der Waals surface area contributed by atoms with E-state index in [1.165, 1.54) is 237 Å². The zero-order valence-electron chi connectivity index (χ0n) is 87.3. The van der Waals surface area contributed by atoms with Gasteiger partial charge in [0.25, 0.3) is 20.1 Å². The maximum Gasteiger partial charge on any atom is 0.252 e. The zero-order valence-corrected chi connectivity index (χ0v) is 90.3. The molecule has 6 nitrogen and oxygen atoms in total. The number of nitrogens with zero attached hydrogens (tertiary/aromatic N) is 6. The zero-order chi connectivity index (χ0) is 101. The van der Waals surface area contributed by atoms with Crippen LogP contribution in [0.2, 0.25) is 39.3 Å². The summed E-state index contributed by atoms with van der Waals surface area (Å²) in [5.74, 6) is 1.27. The number of para-hydroxylation sites is 4. The Morgan fingerprint density at radius 3 is 1.19 bits per heavy atom. The molecule has 0 amide bonds. The first-order chi connectivity index (χ1) is 71.9. The van der Waals surface area contributed by atoms with Crippen molar-refractivity contribution in [3.8, 4) is 11.1 Å². The van der Waals surface area contributed by atoms with Crippen molar-refractivity contribution in [3.05, 3.63) is 464 Å². The van der Waals surface area contributed by atoms with Crippen molar-refractivity contribution in [2.75, 3.05) is 29.4 Å². The lowest BCUT2D eigenvalue weighted by Crippen LogP contribution is -2.65. The summed E-state index contributed by atoms with van der Waals surface area (Å²) in [5, 5.41) is 13.4. The minimum absolute atomic E-state index is 0.00855. The maximum absolute atomic E-state index is 2.84. The lowest BCUT2D eigenvalue weighted by atomic mass is 9.33. The highest BCUT2D eigenvalue weighted by Gasteiger charge is 2.52. The van der Waals surface area contributed by atoms with E-state index in [0.29, 0.717) is 17.8 Å². The lowest BCUT2D eigenvalue weighted by Gasteiger charge is -2.47. The van der Waals surface area contributed by atoms with Crippen LogP contribution >= 0.6 is 0 Å². The summed E-state index contributed by atoms with van der Waals surface area (Å²) in [6, 6.07) is 166. The summed E-state index contributed by atoms with van der Waals surface area (Å²) in [5.41, 5.74) is 45.7. The van der Waals surface area contributed by atoms with Crippen LogP contribution in [-0.4, -0.2) is 44.4 Å². The fourth-order valence-electron chi connectivity index (χ4n) is 26.2. The Balaban J connectivity index is 0.614. The van der Waals surface area contributed by atoms with Crippen LogP contribution in [0.25, 0.3) is 32.7 Å². The summed E-state index contributed by atoms with van der Waals surface area (Å²) in [6.07, 6.45) is 0.859. The molecule has 20 aromatic carbocycles. The van der Waals surface area contributed by atoms with Gasteiger partial charge in [-0.05, 0) is 274 Å². The van der Waals surface area contributed by atoms with E-state index >= 15 is 0 Å². The topological polar surface area (TPSA) is 19.4 Å². The Labute approximate surface area is 877 Å². The number of hydrogen-bond acceptors (Lipinski definition) is 6. The normalized spacial score (nSPS) is 13.8. The number of fused-ring (bicyclic) bond motifs is 16. The van der Waals surface area contributed by atoms with Gasteiger partial charge in [-0.2, -0.15) is 0 Å². The van der Waals surface area contributed by atoms with Gasteiger partial charge in [0.2, 0.25) is 0 Å². The average Bonchev–Trinajstić information content (AvgIpc) is 0.695. The van der Waals surface area contributed by atoms with E-state index in [0.717, 1.165) is 23.5 Å². The molecule has 1 unspecified atom stereocenters. The number of rotatable bonds is 19.